The Bertz CT molecular complexity index is 913. The predicted octanol–water partition coefficient (Wildman–Crippen LogP) is 3.22. The van der Waals surface area contributed by atoms with Crippen molar-refractivity contribution in [2.75, 3.05) is 13.1 Å². The molecule has 0 saturated carbocycles. The molecule has 0 N–H and O–H groups in total. The van der Waals surface area contributed by atoms with Crippen molar-refractivity contribution >= 4 is 27.4 Å². The average Bonchev–Trinajstić information content (AvgIpc) is 2.99. The number of piperidine rings is 1. The van der Waals surface area contributed by atoms with Gasteiger partial charge < -0.3 is 4.90 Å². The molecule has 0 radical (unpaired) electrons. The minimum atomic E-state index is 0.0105. The molecule has 1 aliphatic rings. The number of hydrogen-bond donors (Lipinski definition) is 0. The molecule has 1 fully saturated rings. The number of carbonyl (C=O) groups is 1. The molecular weight excluding hydrogens is 382 g/mol. The van der Waals surface area contributed by atoms with Crippen molar-refractivity contribution < 1.29 is 4.79 Å². The lowest BCUT2D eigenvalue weighted by Gasteiger charge is -2.30. The number of hydrogen-bond acceptors (Lipinski definition) is 4. The fourth-order valence-electron chi connectivity index (χ4n) is 3.35. The number of fused-ring (bicyclic) bond motifs is 1. The molecule has 128 valence electrons. The van der Waals surface area contributed by atoms with E-state index in [1.807, 2.05) is 36.2 Å². The minimum absolute atomic E-state index is 0.0105. The van der Waals surface area contributed by atoms with E-state index in [0.717, 1.165) is 34.2 Å². The van der Waals surface area contributed by atoms with Gasteiger partial charge in [0.1, 0.15) is 5.82 Å². The predicted molar refractivity (Wildman–Crippen MR) is 97.5 cm³/mol. The van der Waals surface area contributed by atoms with Crippen molar-refractivity contribution in [3.05, 3.63) is 58.3 Å². The quantitative estimate of drug-likeness (QED) is 0.663. The fraction of sp³-hybridized carbons (Fsp3) is 0.333. The summed E-state index contributed by atoms with van der Waals surface area (Å²) in [5.41, 5.74) is 2.46. The van der Waals surface area contributed by atoms with Crippen LogP contribution in [0.15, 0.2) is 41.3 Å². The molecular formula is C18H18BrN5O. The maximum atomic E-state index is 12.9. The topological polar surface area (TPSA) is 63.4 Å². The lowest BCUT2D eigenvalue weighted by molar-refractivity contribution is 0.0704. The Kier molecular flexibility index (Phi) is 4.25. The molecule has 0 spiro atoms. The number of rotatable bonds is 2. The Morgan fingerprint density at radius 1 is 1.20 bits per heavy atom. The second-order valence-corrected chi connectivity index (χ2v) is 7.25. The second-order valence-electron chi connectivity index (χ2n) is 6.33. The largest absolute Gasteiger partial charge is 0.337 e. The molecule has 0 bridgehead atoms. The maximum Gasteiger partial charge on any atom is 0.274 e. The smallest absolute Gasteiger partial charge is 0.274 e. The van der Waals surface area contributed by atoms with Gasteiger partial charge in [0.05, 0.1) is 9.99 Å². The first kappa shape index (κ1) is 16.2. The molecule has 4 heterocycles. The van der Waals surface area contributed by atoms with Gasteiger partial charge in [0.25, 0.3) is 5.91 Å². The van der Waals surface area contributed by atoms with E-state index in [-0.39, 0.29) is 5.91 Å². The third kappa shape index (κ3) is 3.04. The van der Waals surface area contributed by atoms with Crippen molar-refractivity contribution in [2.24, 2.45) is 0 Å². The van der Waals surface area contributed by atoms with Crippen LogP contribution in [0.1, 0.15) is 40.6 Å². The first-order valence-corrected chi connectivity index (χ1v) is 9.13. The molecule has 0 unspecified atom stereocenters. The van der Waals surface area contributed by atoms with Crippen LogP contribution in [0, 0.1) is 6.92 Å². The zero-order valence-corrected chi connectivity index (χ0v) is 15.5. The number of aryl methyl sites for hydroxylation is 1. The van der Waals surface area contributed by atoms with Crippen LogP contribution in [0.4, 0.5) is 0 Å². The van der Waals surface area contributed by atoms with E-state index in [1.54, 1.807) is 16.9 Å². The van der Waals surface area contributed by atoms with Crippen LogP contribution in [0.2, 0.25) is 0 Å². The summed E-state index contributed by atoms with van der Waals surface area (Å²) in [6.45, 7) is 3.37. The number of halogens is 1. The van der Waals surface area contributed by atoms with Gasteiger partial charge in [-0.15, -0.1) is 0 Å². The molecule has 7 heteroatoms. The van der Waals surface area contributed by atoms with Crippen molar-refractivity contribution in [1.82, 2.24) is 24.5 Å². The van der Waals surface area contributed by atoms with Crippen LogP contribution in [0.3, 0.4) is 0 Å². The summed E-state index contributed by atoms with van der Waals surface area (Å²) in [4.78, 5) is 23.6. The summed E-state index contributed by atoms with van der Waals surface area (Å²) in [6, 6.07) is 5.86. The Morgan fingerprint density at radius 2 is 1.92 bits per heavy atom. The highest BCUT2D eigenvalue weighted by atomic mass is 79.9. The van der Waals surface area contributed by atoms with E-state index in [0.29, 0.717) is 24.7 Å². The number of aromatic nitrogens is 4. The van der Waals surface area contributed by atoms with Gasteiger partial charge in [0, 0.05) is 43.2 Å². The van der Waals surface area contributed by atoms with Crippen molar-refractivity contribution in [1.29, 1.82) is 0 Å². The summed E-state index contributed by atoms with van der Waals surface area (Å²) in [7, 11) is 0. The molecule has 6 nitrogen and oxygen atoms in total. The zero-order chi connectivity index (χ0) is 17.4. The third-order valence-electron chi connectivity index (χ3n) is 4.78. The van der Waals surface area contributed by atoms with Crippen LogP contribution in [-0.2, 0) is 0 Å². The highest BCUT2D eigenvalue weighted by molar-refractivity contribution is 9.10. The number of likely N-dealkylation sites (tertiary alicyclic amines) is 1. The van der Waals surface area contributed by atoms with Crippen molar-refractivity contribution in [3.63, 3.8) is 0 Å². The van der Waals surface area contributed by atoms with E-state index in [1.165, 1.54) is 0 Å². The van der Waals surface area contributed by atoms with Gasteiger partial charge in [-0.3, -0.25) is 4.79 Å². The number of pyridine rings is 1. The summed E-state index contributed by atoms with van der Waals surface area (Å²) in [6.07, 6.45) is 7.18. The van der Waals surface area contributed by atoms with Crippen molar-refractivity contribution in [3.8, 4) is 0 Å². The SMILES string of the molecule is Cc1c(C(=O)N2CCC(c3ncc(Br)cn3)CC2)nn2ccccc12. The van der Waals surface area contributed by atoms with Gasteiger partial charge in [-0.1, -0.05) is 6.07 Å². The van der Waals surface area contributed by atoms with Gasteiger partial charge in [-0.2, -0.15) is 5.10 Å². The van der Waals surface area contributed by atoms with Crippen LogP contribution in [0.25, 0.3) is 5.52 Å². The Balaban J connectivity index is 1.49. The standard InChI is InChI=1S/C18H18BrN5O/c1-12-15-4-2-3-7-24(15)22-16(12)18(25)23-8-5-13(6-9-23)17-20-10-14(19)11-21-17/h2-4,7,10-11,13H,5-6,8-9H2,1H3. The summed E-state index contributed by atoms with van der Waals surface area (Å²) in [5.74, 6) is 1.18. The first-order valence-electron chi connectivity index (χ1n) is 8.34. The van der Waals surface area contributed by atoms with E-state index in [9.17, 15) is 4.79 Å². The van der Waals surface area contributed by atoms with Crippen LogP contribution in [-0.4, -0.2) is 43.5 Å². The van der Waals surface area contributed by atoms with Crippen LogP contribution < -0.4 is 0 Å². The molecule has 0 atom stereocenters. The molecule has 25 heavy (non-hydrogen) atoms. The first-order chi connectivity index (χ1) is 12.1. The normalized spacial score (nSPS) is 15.7. The Morgan fingerprint density at radius 3 is 2.60 bits per heavy atom. The molecule has 3 aromatic heterocycles. The maximum absolute atomic E-state index is 12.9. The minimum Gasteiger partial charge on any atom is -0.337 e. The highest BCUT2D eigenvalue weighted by Crippen LogP contribution is 2.27. The number of nitrogens with zero attached hydrogens (tertiary/aromatic N) is 5. The van der Waals surface area contributed by atoms with Gasteiger partial charge >= 0.3 is 0 Å². The van der Waals surface area contributed by atoms with E-state index >= 15 is 0 Å². The van der Waals surface area contributed by atoms with E-state index in [2.05, 4.69) is 31.0 Å². The highest BCUT2D eigenvalue weighted by Gasteiger charge is 2.28. The number of carbonyl (C=O) groups excluding carboxylic acids is 1. The molecule has 3 aromatic rings. The lowest BCUT2D eigenvalue weighted by atomic mass is 9.95. The van der Waals surface area contributed by atoms with Crippen LogP contribution in [0.5, 0.6) is 0 Å². The lowest BCUT2D eigenvalue weighted by Crippen LogP contribution is -2.38. The summed E-state index contributed by atoms with van der Waals surface area (Å²) >= 11 is 3.36. The van der Waals surface area contributed by atoms with Gasteiger partial charge in [0.15, 0.2) is 5.69 Å². The monoisotopic (exact) mass is 399 g/mol. The van der Waals surface area contributed by atoms with Gasteiger partial charge in [-0.05, 0) is 47.8 Å². The average molecular weight is 400 g/mol. The van der Waals surface area contributed by atoms with Crippen LogP contribution >= 0.6 is 15.9 Å². The molecule has 1 amide bonds. The second kappa shape index (κ2) is 6.55. The van der Waals surface area contributed by atoms with Gasteiger partial charge in [0.2, 0.25) is 0 Å². The molecule has 1 aliphatic heterocycles. The number of amides is 1. The Hall–Kier alpha value is -2.28. The summed E-state index contributed by atoms with van der Waals surface area (Å²) in [5, 5.41) is 4.47. The van der Waals surface area contributed by atoms with E-state index in [4.69, 9.17) is 0 Å². The van der Waals surface area contributed by atoms with Gasteiger partial charge in [-0.25, -0.2) is 14.5 Å². The summed E-state index contributed by atoms with van der Waals surface area (Å²) < 4.78 is 2.65. The van der Waals surface area contributed by atoms with E-state index < -0.39 is 0 Å². The molecule has 4 rings (SSSR count). The fourth-order valence-corrected chi connectivity index (χ4v) is 3.55. The third-order valence-corrected chi connectivity index (χ3v) is 5.19. The molecule has 1 saturated heterocycles. The Labute approximate surface area is 154 Å². The zero-order valence-electron chi connectivity index (χ0n) is 13.9. The molecule has 0 aliphatic carbocycles. The van der Waals surface area contributed by atoms with Crippen molar-refractivity contribution in [2.45, 2.75) is 25.7 Å². The molecule has 0 aromatic carbocycles.